The first kappa shape index (κ1) is 32.6. The highest BCUT2D eigenvalue weighted by molar-refractivity contribution is 7.92. The van der Waals surface area contributed by atoms with Crippen molar-refractivity contribution in [2.24, 2.45) is 0 Å². The Labute approximate surface area is 248 Å². The summed E-state index contributed by atoms with van der Waals surface area (Å²) in [7, 11) is -4.30. The zero-order valence-corrected chi connectivity index (χ0v) is 25.7. The van der Waals surface area contributed by atoms with E-state index in [1.165, 1.54) is 4.90 Å². The summed E-state index contributed by atoms with van der Waals surface area (Å²) in [6.07, 6.45) is 1.04. The number of benzene rings is 3. The summed E-state index contributed by atoms with van der Waals surface area (Å²) in [6, 6.07) is 17.4. The third-order valence-corrected chi connectivity index (χ3v) is 8.89. The molecule has 42 heavy (non-hydrogen) atoms. The minimum absolute atomic E-state index is 0.0961. The lowest BCUT2D eigenvalue weighted by molar-refractivity contribution is -0.140. The van der Waals surface area contributed by atoms with Crippen molar-refractivity contribution in [1.29, 1.82) is 0 Å². The van der Waals surface area contributed by atoms with E-state index in [1.807, 2.05) is 58.9 Å². The SMILES string of the molecule is CCOc1ccc(N(CC(=O)N(Cc2ccccc2C)[C@@H](CC)C(=O)N[C@H](C)CC)S(=O)(=O)c2ccc(F)cc2)cc1. The molecule has 0 bridgehead atoms. The van der Waals surface area contributed by atoms with Gasteiger partial charge in [0.2, 0.25) is 11.8 Å². The summed E-state index contributed by atoms with van der Waals surface area (Å²) >= 11 is 0. The molecule has 3 rings (SSSR count). The molecule has 0 unspecified atom stereocenters. The van der Waals surface area contributed by atoms with Gasteiger partial charge in [0.05, 0.1) is 17.2 Å². The number of carbonyl (C=O) groups excluding carboxylic acids is 2. The molecule has 226 valence electrons. The Morgan fingerprint density at radius 1 is 0.929 bits per heavy atom. The molecule has 0 fully saturated rings. The van der Waals surface area contributed by atoms with Crippen molar-refractivity contribution >= 4 is 27.5 Å². The maximum atomic E-state index is 14.2. The lowest BCUT2D eigenvalue weighted by Crippen LogP contribution is -2.53. The van der Waals surface area contributed by atoms with E-state index in [0.29, 0.717) is 18.8 Å². The van der Waals surface area contributed by atoms with Crippen molar-refractivity contribution in [3.8, 4) is 5.75 Å². The Kier molecular flexibility index (Phi) is 11.5. The Balaban J connectivity index is 2.07. The van der Waals surface area contributed by atoms with E-state index >= 15 is 0 Å². The van der Waals surface area contributed by atoms with Gasteiger partial charge in [0, 0.05) is 12.6 Å². The molecule has 0 spiro atoms. The van der Waals surface area contributed by atoms with Crippen LogP contribution in [0.4, 0.5) is 10.1 Å². The Morgan fingerprint density at radius 2 is 1.57 bits per heavy atom. The first-order valence-corrected chi connectivity index (χ1v) is 15.6. The highest BCUT2D eigenvalue weighted by atomic mass is 32.2. The molecule has 0 heterocycles. The standard InChI is InChI=1S/C32H40FN3O5S/c1-6-24(5)34-32(38)30(7-2)35(21-25-12-10-9-11-23(25)4)31(37)22-36(27-15-17-28(18-16-27)41-8-3)42(39,40)29-19-13-26(33)14-20-29/h9-20,24,30H,6-8,21-22H2,1-5H3,(H,34,38)/t24-,30+/m1/s1. The van der Waals surface area contributed by atoms with E-state index < -0.39 is 34.3 Å². The summed E-state index contributed by atoms with van der Waals surface area (Å²) in [6.45, 7) is 9.39. The Morgan fingerprint density at radius 3 is 2.14 bits per heavy atom. The maximum Gasteiger partial charge on any atom is 0.264 e. The molecule has 2 amide bonds. The second kappa shape index (κ2) is 14.8. The normalized spacial score (nSPS) is 12.7. The van der Waals surface area contributed by atoms with Crippen LogP contribution < -0.4 is 14.4 Å². The van der Waals surface area contributed by atoms with Crippen LogP contribution in [0.5, 0.6) is 5.75 Å². The van der Waals surface area contributed by atoms with Gasteiger partial charge in [-0.25, -0.2) is 12.8 Å². The number of carbonyl (C=O) groups is 2. The van der Waals surface area contributed by atoms with Crippen LogP contribution in [-0.4, -0.2) is 50.4 Å². The van der Waals surface area contributed by atoms with Crippen molar-refractivity contribution in [2.45, 2.75) is 71.0 Å². The molecule has 1 N–H and O–H groups in total. The average Bonchev–Trinajstić information content (AvgIpc) is 2.97. The molecule has 0 aliphatic carbocycles. The van der Waals surface area contributed by atoms with Gasteiger partial charge in [-0.3, -0.25) is 13.9 Å². The van der Waals surface area contributed by atoms with Gasteiger partial charge in [-0.05, 0) is 93.3 Å². The largest absolute Gasteiger partial charge is 0.494 e. The first-order chi connectivity index (χ1) is 20.0. The van der Waals surface area contributed by atoms with E-state index in [0.717, 1.165) is 46.1 Å². The third-order valence-electron chi connectivity index (χ3n) is 7.11. The molecular weight excluding hydrogens is 557 g/mol. The number of anilines is 1. The molecule has 3 aromatic rings. The van der Waals surface area contributed by atoms with Gasteiger partial charge < -0.3 is 15.0 Å². The minimum Gasteiger partial charge on any atom is -0.494 e. The summed E-state index contributed by atoms with van der Waals surface area (Å²) < 4.78 is 48.0. The molecule has 10 heteroatoms. The van der Waals surface area contributed by atoms with E-state index in [-0.39, 0.29) is 29.1 Å². The van der Waals surface area contributed by atoms with Crippen LogP contribution in [-0.2, 0) is 26.2 Å². The lowest BCUT2D eigenvalue weighted by Gasteiger charge is -2.34. The Bertz CT molecular complexity index is 1450. The molecule has 8 nitrogen and oxygen atoms in total. The van der Waals surface area contributed by atoms with E-state index in [4.69, 9.17) is 4.74 Å². The molecule has 0 aliphatic rings. The van der Waals surface area contributed by atoms with Crippen molar-refractivity contribution in [2.75, 3.05) is 17.5 Å². The molecule has 0 saturated carbocycles. The molecule has 0 aromatic heterocycles. The molecule has 3 aromatic carbocycles. The fourth-order valence-electron chi connectivity index (χ4n) is 4.47. The van der Waals surface area contributed by atoms with Crippen molar-refractivity contribution in [3.05, 3.63) is 89.7 Å². The second-order valence-electron chi connectivity index (χ2n) is 10.1. The van der Waals surface area contributed by atoms with Gasteiger partial charge in [0.15, 0.2) is 0 Å². The van der Waals surface area contributed by atoms with Crippen LogP contribution in [0.2, 0.25) is 0 Å². The van der Waals surface area contributed by atoms with Crippen molar-refractivity contribution < 1.29 is 27.1 Å². The van der Waals surface area contributed by atoms with E-state index in [2.05, 4.69) is 5.32 Å². The highest BCUT2D eigenvalue weighted by Crippen LogP contribution is 2.27. The predicted octanol–water partition coefficient (Wildman–Crippen LogP) is 5.45. The number of halogens is 1. The van der Waals surface area contributed by atoms with Crippen LogP contribution in [0.25, 0.3) is 0 Å². The summed E-state index contributed by atoms with van der Waals surface area (Å²) in [5.41, 5.74) is 2.01. The van der Waals surface area contributed by atoms with Gasteiger partial charge in [0.25, 0.3) is 10.0 Å². The lowest BCUT2D eigenvalue weighted by atomic mass is 10.1. The smallest absolute Gasteiger partial charge is 0.264 e. The highest BCUT2D eigenvalue weighted by Gasteiger charge is 2.34. The number of rotatable bonds is 14. The van der Waals surface area contributed by atoms with Crippen LogP contribution in [0.1, 0.15) is 51.7 Å². The maximum absolute atomic E-state index is 14.2. The second-order valence-corrected chi connectivity index (χ2v) is 11.9. The topological polar surface area (TPSA) is 96.0 Å². The number of sulfonamides is 1. The Hall–Kier alpha value is -3.92. The van der Waals surface area contributed by atoms with Gasteiger partial charge in [-0.1, -0.05) is 38.1 Å². The molecular formula is C32H40FN3O5S. The minimum atomic E-state index is -4.30. The monoisotopic (exact) mass is 597 g/mol. The molecule has 0 saturated heterocycles. The van der Waals surface area contributed by atoms with Crippen LogP contribution in [0.3, 0.4) is 0 Å². The van der Waals surface area contributed by atoms with E-state index in [9.17, 15) is 22.4 Å². The fraction of sp³-hybridized carbons (Fsp3) is 0.375. The summed E-state index contributed by atoms with van der Waals surface area (Å²) in [5, 5.41) is 2.97. The summed E-state index contributed by atoms with van der Waals surface area (Å²) in [5.74, 6) is -0.896. The quantitative estimate of drug-likeness (QED) is 0.267. The predicted molar refractivity (Wildman–Crippen MR) is 162 cm³/mol. The number of aryl methyl sites for hydroxylation is 1. The zero-order valence-electron chi connectivity index (χ0n) is 24.8. The number of nitrogens with zero attached hydrogens (tertiary/aromatic N) is 2. The number of ether oxygens (including phenoxy) is 1. The summed E-state index contributed by atoms with van der Waals surface area (Å²) in [4.78, 5) is 28.8. The van der Waals surface area contributed by atoms with E-state index in [1.54, 1.807) is 24.3 Å². The zero-order chi connectivity index (χ0) is 30.9. The van der Waals surface area contributed by atoms with Gasteiger partial charge >= 0.3 is 0 Å². The van der Waals surface area contributed by atoms with Crippen LogP contribution >= 0.6 is 0 Å². The average molecular weight is 598 g/mol. The number of amides is 2. The fourth-order valence-corrected chi connectivity index (χ4v) is 5.88. The van der Waals surface area contributed by atoms with Gasteiger partial charge in [0.1, 0.15) is 24.2 Å². The number of nitrogens with one attached hydrogen (secondary N) is 1. The van der Waals surface area contributed by atoms with Crippen molar-refractivity contribution in [3.63, 3.8) is 0 Å². The van der Waals surface area contributed by atoms with Crippen LogP contribution in [0, 0.1) is 12.7 Å². The van der Waals surface area contributed by atoms with Gasteiger partial charge in [-0.15, -0.1) is 0 Å². The molecule has 0 radical (unpaired) electrons. The third kappa shape index (κ3) is 8.09. The van der Waals surface area contributed by atoms with Crippen molar-refractivity contribution in [1.82, 2.24) is 10.2 Å². The first-order valence-electron chi connectivity index (χ1n) is 14.2. The number of hydrogen-bond acceptors (Lipinski definition) is 5. The number of hydrogen-bond donors (Lipinski definition) is 1. The van der Waals surface area contributed by atoms with Gasteiger partial charge in [-0.2, -0.15) is 0 Å². The van der Waals surface area contributed by atoms with Crippen LogP contribution in [0.15, 0.2) is 77.7 Å². The molecule has 0 aliphatic heterocycles. The molecule has 2 atom stereocenters.